The number of hydrogen-bond donors (Lipinski definition) is 2. The van der Waals surface area contributed by atoms with E-state index in [2.05, 4.69) is 33.8 Å². The van der Waals surface area contributed by atoms with Gasteiger partial charge in [0.1, 0.15) is 11.6 Å². The second-order valence-corrected chi connectivity index (χ2v) is 5.10. The van der Waals surface area contributed by atoms with E-state index >= 15 is 0 Å². The lowest BCUT2D eigenvalue weighted by atomic mass is 10.0. The molecule has 0 saturated carbocycles. The van der Waals surface area contributed by atoms with Crippen LogP contribution >= 0.6 is 12.2 Å². The zero-order valence-electron chi connectivity index (χ0n) is 11.9. The standard InChI is InChI=1S/C15H16N4OS/c1-10-17-18-15(21)19(10)16-9-13-12-6-4-3-5-11(12)7-8-14(13)20-2/h3-8,16H,9H2,1-2H3,(H,18,21). The molecule has 2 aromatic carbocycles. The van der Waals surface area contributed by atoms with E-state index < -0.39 is 0 Å². The van der Waals surface area contributed by atoms with E-state index in [0.29, 0.717) is 11.3 Å². The van der Waals surface area contributed by atoms with Crippen molar-refractivity contribution < 1.29 is 4.74 Å². The highest BCUT2D eigenvalue weighted by molar-refractivity contribution is 7.71. The number of nitrogens with one attached hydrogen (secondary N) is 2. The zero-order chi connectivity index (χ0) is 14.8. The minimum atomic E-state index is 0.548. The predicted molar refractivity (Wildman–Crippen MR) is 85.7 cm³/mol. The van der Waals surface area contributed by atoms with Crippen molar-refractivity contribution in [2.24, 2.45) is 0 Å². The van der Waals surface area contributed by atoms with E-state index in [1.165, 1.54) is 5.39 Å². The third-order valence-corrected chi connectivity index (χ3v) is 3.75. The van der Waals surface area contributed by atoms with Crippen molar-refractivity contribution >= 4 is 23.0 Å². The Morgan fingerprint density at radius 1 is 1.29 bits per heavy atom. The molecule has 6 heteroatoms. The van der Waals surface area contributed by atoms with Crippen molar-refractivity contribution in [1.29, 1.82) is 0 Å². The molecule has 5 nitrogen and oxygen atoms in total. The van der Waals surface area contributed by atoms with E-state index in [-0.39, 0.29) is 0 Å². The van der Waals surface area contributed by atoms with E-state index in [9.17, 15) is 0 Å². The molecule has 0 amide bonds. The molecule has 0 aliphatic rings. The SMILES string of the molecule is COc1ccc2ccccc2c1CNn1c(C)n[nH]c1=S. The van der Waals surface area contributed by atoms with Crippen LogP contribution in [0.3, 0.4) is 0 Å². The van der Waals surface area contributed by atoms with Crippen LogP contribution in [0.25, 0.3) is 10.8 Å². The van der Waals surface area contributed by atoms with Gasteiger partial charge >= 0.3 is 0 Å². The van der Waals surface area contributed by atoms with Crippen molar-refractivity contribution in [2.75, 3.05) is 12.5 Å². The summed E-state index contributed by atoms with van der Waals surface area (Å²) in [6, 6.07) is 12.3. The van der Waals surface area contributed by atoms with Crippen molar-refractivity contribution in [3.63, 3.8) is 0 Å². The Bertz CT molecular complexity index is 837. The molecular weight excluding hydrogens is 284 g/mol. The third-order valence-electron chi connectivity index (χ3n) is 3.47. The number of H-pyrrole nitrogens is 1. The summed E-state index contributed by atoms with van der Waals surface area (Å²) in [5, 5.41) is 9.19. The van der Waals surface area contributed by atoms with Crippen LogP contribution < -0.4 is 10.2 Å². The average molecular weight is 300 g/mol. The zero-order valence-corrected chi connectivity index (χ0v) is 12.7. The van der Waals surface area contributed by atoms with Gasteiger partial charge in [0.2, 0.25) is 4.77 Å². The number of rotatable bonds is 4. The molecule has 1 heterocycles. The van der Waals surface area contributed by atoms with Crippen LogP contribution in [0.1, 0.15) is 11.4 Å². The van der Waals surface area contributed by atoms with Crippen LogP contribution in [0.5, 0.6) is 5.75 Å². The van der Waals surface area contributed by atoms with Crippen LogP contribution in [0, 0.1) is 11.7 Å². The fourth-order valence-electron chi connectivity index (χ4n) is 2.41. The van der Waals surface area contributed by atoms with Crippen LogP contribution in [-0.2, 0) is 6.54 Å². The summed E-state index contributed by atoms with van der Waals surface area (Å²) < 4.78 is 7.79. The lowest BCUT2D eigenvalue weighted by Crippen LogP contribution is -2.16. The largest absolute Gasteiger partial charge is 0.496 e. The molecule has 0 unspecified atom stereocenters. The van der Waals surface area contributed by atoms with Gasteiger partial charge in [-0.15, -0.1) is 0 Å². The monoisotopic (exact) mass is 300 g/mol. The van der Waals surface area contributed by atoms with Gasteiger partial charge in [-0.3, -0.25) is 5.10 Å². The maximum atomic E-state index is 5.49. The number of aryl methyl sites for hydroxylation is 1. The molecule has 0 bridgehead atoms. The Morgan fingerprint density at radius 3 is 2.81 bits per heavy atom. The summed E-state index contributed by atoms with van der Waals surface area (Å²) in [6.45, 7) is 2.48. The van der Waals surface area contributed by atoms with Gasteiger partial charge in [0.15, 0.2) is 0 Å². The molecule has 0 spiro atoms. The lowest BCUT2D eigenvalue weighted by molar-refractivity contribution is 0.410. The number of nitrogens with zero attached hydrogens (tertiary/aromatic N) is 2. The molecule has 0 radical (unpaired) electrons. The maximum absolute atomic E-state index is 5.49. The Kier molecular flexibility index (Phi) is 3.62. The maximum Gasteiger partial charge on any atom is 0.214 e. The summed E-state index contributed by atoms with van der Waals surface area (Å²) in [5.41, 5.74) is 4.38. The second kappa shape index (κ2) is 5.57. The number of aromatic amines is 1. The Hall–Kier alpha value is -2.34. The predicted octanol–water partition coefficient (Wildman–Crippen LogP) is 3.15. The molecule has 0 aliphatic carbocycles. The van der Waals surface area contributed by atoms with Crippen molar-refractivity contribution in [3.05, 3.63) is 52.6 Å². The quantitative estimate of drug-likeness (QED) is 0.727. The highest BCUT2D eigenvalue weighted by Gasteiger charge is 2.09. The van der Waals surface area contributed by atoms with Crippen molar-refractivity contribution in [1.82, 2.24) is 14.9 Å². The van der Waals surface area contributed by atoms with Crippen molar-refractivity contribution in [3.8, 4) is 5.75 Å². The van der Waals surface area contributed by atoms with Gasteiger partial charge in [-0.1, -0.05) is 30.3 Å². The number of fused-ring (bicyclic) bond motifs is 1. The molecular formula is C15H16N4OS. The summed E-state index contributed by atoms with van der Waals surface area (Å²) >= 11 is 5.20. The van der Waals surface area contributed by atoms with E-state index in [1.807, 2.05) is 25.1 Å². The normalized spacial score (nSPS) is 10.8. The molecule has 0 atom stereocenters. The first kappa shape index (κ1) is 13.6. The van der Waals surface area contributed by atoms with Gasteiger partial charge in [-0.05, 0) is 36.0 Å². The van der Waals surface area contributed by atoms with E-state index in [4.69, 9.17) is 17.0 Å². The Morgan fingerprint density at radius 2 is 2.10 bits per heavy atom. The van der Waals surface area contributed by atoms with E-state index in [1.54, 1.807) is 11.8 Å². The van der Waals surface area contributed by atoms with Gasteiger partial charge < -0.3 is 10.2 Å². The summed E-state index contributed by atoms with van der Waals surface area (Å²) in [6.07, 6.45) is 0. The summed E-state index contributed by atoms with van der Waals surface area (Å²) in [4.78, 5) is 0. The molecule has 1 aromatic heterocycles. The average Bonchev–Trinajstić information content (AvgIpc) is 2.83. The fourth-order valence-corrected chi connectivity index (χ4v) is 2.65. The topological polar surface area (TPSA) is 54.9 Å². The molecule has 2 N–H and O–H groups in total. The minimum absolute atomic E-state index is 0.548. The van der Waals surface area contributed by atoms with Gasteiger partial charge in [0.25, 0.3) is 0 Å². The Labute approximate surface area is 127 Å². The van der Waals surface area contributed by atoms with Crippen LogP contribution in [0.2, 0.25) is 0 Å². The molecule has 0 saturated heterocycles. The second-order valence-electron chi connectivity index (χ2n) is 4.71. The molecule has 3 aromatic rings. The first-order chi connectivity index (χ1) is 10.2. The van der Waals surface area contributed by atoms with Gasteiger partial charge in [-0.2, -0.15) is 5.10 Å². The number of benzene rings is 2. The number of ether oxygens (including phenoxy) is 1. The number of hydrogen-bond acceptors (Lipinski definition) is 4. The van der Waals surface area contributed by atoms with Gasteiger partial charge in [0.05, 0.1) is 13.7 Å². The molecule has 0 aliphatic heterocycles. The number of methoxy groups -OCH3 is 1. The number of aromatic nitrogens is 3. The fraction of sp³-hybridized carbons (Fsp3) is 0.200. The molecule has 0 fully saturated rings. The van der Waals surface area contributed by atoms with Gasteiger partial charge in [-0.25, -0.2) is 4.68 Å². The third kappa shape index (κ3) is 2.50. The molecule has 108 valence electrons. The molecule has 3 rings (SSSR count). The molecule has 21 heavy (non-hydrogen) atoms. The smallest absolute Gasteiger partial charge is 0.214 e. The highest BCUT2D eigenvalue weighted by Crippen LogP contribution is 2.28. The lowest BCUT2D eigenvalue weighted by Gasteiger charge is -2.14. The van der Waals surface area contributed by atoms with Crippen LogP contribution in [0.4, 0.5) is 0 Å². The Balaban J connectivity index is 2.01. The summed E-state index contributed by atoms with van der Waals surface area (Å²) in [5.74, 6) is 1.65. The highest BCUT2D eigenvalue weighted by atomic mass is 32.1. The van der Waals surface area contributed by atoms with Crippen molar-refractivity contribution in [2.45, 2.75) is 13.5 Å². The van der Waals surface area contributed by atoms with Gasteiger partial charge in [0, 0.05) is 5.56 Å². The van der Waals surface area contributed by atoms with E-state index in [0.717, 1.165) is 22.5 Å². The first-order valence-electron chi connectivity index (χ1n) is 6.63. The van der Waals surface area contributed by atoms with Crippen LogP contribution in [-0.4, -0.2) is 22.0 Å². The summed E-state index contributed by atoms with van der Waals surface area (Å²) in [7, 11) is 1.68. The minimum Gasteiger partial charge on any atom is -0.496 e. The van der Waals surface area contributed by atoms with Crippen LogP contribution in [0.15, 0.2) is 36.4 Å². The first-order valence-corrected chi connectivity index (χ1v) is 7.04.